The lowest BCUT2D eigenvalue weighted by Crippen LogP contribution is -2.40. The van der Waals surface area contributed by atoms with E-state index in [1.54, 1.807) is 0 Å². The minimum Gasteiger partial charge on any atom is -0.302 e. The Morgan fingerprint density at radius 1 is 1.26 bits per heavy atom. The zero-order valence-electron chi connectivity index (χ0n) is 14.4. The lowest BCUT2D eigenvalue weighted by atomic mass is 9.85. The van der Waals surface area contributed by atoms with Gasteiger partial charge < -0.3 is 4.90 Å². The first-order chi connectivity index (χ1) is 11.1. The Labute approximate surface area is 138 Å². The molecule has 3 heterocycles. The van der Waals surface area contributed by atoms with E-state index >= 15 is 0 Å². The summed E-state index contributed by atoms with van der Waals surface area (Å²) in [5.41, 5.74) is 2.67. The number of nitrogens with zero attached hydrogens (tertiary/aromatic N) is 5. The van der Waals surface area contributed by atoms with Crippen LogP contribution in [0.5, 0.6) is 0 Å². The molecule has 0 aromatic carbocycles. The van der Waals surface area contributed by atoms with Gasteiger partial charge in [-0.3, -0.25) is 14.6 Å². The molecular weight excluding hydrogens is 286 g/mol. The topological polar surface area (TPSA) is 37.2 Å². The Morgan fingerprint density at radius 2 is 2.04 bits per heavy atom. The fraction of sp³-hybridized carbons (Fsp3) is 0.556. The Morgan fingerprint density at radius 3 is 2.74 bits per heavy atom. The van der Waals surface area contributed by atoms with Crippen molar-refractivity contribution in [1.82, 2.24) is 24.6 Å². The van der Waals surface area contributed by atoms with Crippen LogP contribution in [0, 0.1) is 5.92 Å². The van der Waals surface area contributed by atoms with Crippen LogP contribution < -0.4 is 0 Å². The molecule has 0 saturated carbocycles. The van der Waals surface area contributed by atoms with Gasteiger partial charge in [0.1, 0.15) is 0 Å². The standard InChI is InChI=1S/C18H27N5/c1-21(12-15-6-8-19-9-7-15)13-16-5-4-10-22(2)18(16)17-11-20-23(3)14-17/h6-9,11,14,16,18H,4-5,10,12-13H2,1-3H3/t16-,18+/m0/s1. The van der Waals surface area contributed by atoms with Crippen LogP contribution >= 0.6 is 0 Å². The number of hydrogen-bond donors (Lipinski definition) is 0. The van der Waals surface area contributed by atoms with Crippen LogP contribution in [0.25, 0.3) is 0 Å². The maximum atomic E-state index is 4.38. The van der Waals surface area contributed by atoms with Crippen molar-refractivity contribution in [2.24, 2.45) is 13.0 Å². The summed E-state index contributed by atoms with van der Waals surface area (Å²) in [5, 5.41) is 4.38. The maximum Gasteiger partial charge on any atom is 0.0537 e. The highest BCUT2D eigenvalue weighted by molar-refractivity contribution is 5.14. The zero-order chi connectivity index (χ0) is 16.2. The van der Waals surface area contributed by atoms with Crippen molar-refractivity contribution in [2.45, 2.75) is 25.4 Å². The molecule has 5 heteroatoms. The highest BCUT2D eigenvalue weighted by atomic mass is 15.3. The molecule has 124 valence electrons. The minimum atomic E-state index is 0.470. The summed E-state index contributed by atoms with van der Waals surface area (Å²) in [6.07, 6.45) is 10.5. The molecule has 0 spiro atoms. The van der Waals surface area contributed by atoms with Gasteiger partial charge in [0.05, 0.1) is 6.20 Å². The van der Waals surface area contributed by atoms with Gasteiger partial charge in [0.15, 0.2) is 0 Å². The summed E-state index contributed by atoms with van der Waals surface area (Å²) in [4.78, 5) is 9.02. The van der Waals surface area contributed by atoms with Crippen molar-refractivity contribution in [2.75, 3.05) is 27.2 Å². The quantitative estimate of drug-likeness (QED) is 0.849. The first-order valence-corrected chi connectivity index (χ1v) is 8.39. The van der Waals surface area contributed by atoms with Crippen molar-refractivity contribution >= 4 is 0 Å². The number of pyridine rings is 1. The number of rotatable bonds is 5. The zero-order valence-corrected chi connectivity index (χ0v) is 14.4. The summed E-state index contributed by atoms with van der Waals surface area (Å²) in [5.74, 6) is 0.643. The van der Waals surface area contributed by atoms with Crippen molar-refractivity contribution in [3.05, 3.63) is 48.0 Å². The average Bonchev–Trinajstić information content (AvgIpc) is 2.94. The van der Waals surface area contributed by atoms with Crippen LogP contribution in [0.4, 0.5) is 0 Å². The van der Waals surface area contributed by atoms with Crippen LogP contribution in [0.3, 0.4) is 0 Å². The van der Waals surface area contributed by atoms with Gasteiger partial charge >= 0.3 is 0 Å². The molecule has 0 aliphatic carbocycles. The summed E-state index contributed by atoms with van der Waals surface area (Å²) in [6.45, 7) is 3.25. The van der Waals surface area contributed by atoms with Gasteiger partial charge in [0, 0.05) is 50.3 Å². The molecule has 2 atom stereocenters. The van der Waals surface area contributed by atoms with Gasteiger partial charge in [-0.1, -0.05) is 0 Å². The molecular formula is C18H27N5. The molecule has 2 aromatic heterocycles. The van der Waals surface area contributed by atoms with Crippen LogP contribution in [-0.4, -0.2) is 51.7 Å². The van der Waals surface area contributed by atoms with E-state index < -0.39 is 0 Å². The number of aromatic nitrogens is 3. The second kappa shape index (κ2) is 7.23. The van der Waals surface area contributed by atoms with E-state index in [0.29, 0.717) is 12.0 Å². The van der Waals surface area contributed by atoms with Crippen molar-refractivity contribution in [3.8, 4) is 0 Å². The summed E-state index contributed by atoms with van der Waals surface area (Å²) in [6, 6.07) is 4.67. The van der Waals surface area contributed by atoms with E-state index in [4.69, 9.17) is 0 Å². The molecule has 1 aliphatic rings. The number of piperidine rings is 1. The third-order valence-corrected chi connectivity index (χ3v) is 4.82. The smallest absolute Gasteiger partial charge is 0.0537 e. The van der Waals surface area contributed by atoms with E-state index in [-0.39, 0.29) is 0 Å². The molecule has 2 aromatic rings. The lowest BCUT2D eigenvalue weighted by Gasteiger charge is -2.40. The monoisotopic (exact) mass is 313 g/mol. The van der Waals surface area contributed by atoms with Gasteiger partial charge in [0.25, 0.3) is 0 Å². The van der Waals surface area contributed by atoms with Crippen LogP contribution in [0.15, 0.2) is 36.9 Å². The highest BCUT2D eigenvalue weighted by Gasteiger charge is 2.31. The van der Waals surface area contributed by atoms with Crippen LogP contribution in [0.1, 0.15) is 30.0 Å². The Kier molecular flexibility index (Phi) is 5.08. The average molecular weight is 313 g/mol. The molecule has 1 fully saturated rings. The molecule has 1 aliphatic heterocycles. The van der Waals surface area contributed by atoms with Crippen molar-refractivity contribution < 1.29 is 0 Å². The Hall–Kier alpha value is -1.72. The molecule has 1 saturated heterocycles. The predicted octanol–water partition coefficient (Wildman–Crippen LogP) is 2.33. The van der Waals surface area contributed by atoms with Gasteiger partial charge in [-0.2, -0.15) is 5.10 Å². The number of hydrogen-bond acceptors (Lipinski definition) is 4. The third kappa shape index (κ3) is 3.98. The number of likely N-dealkylation sites (tertiary alicyclic amines) is 1. The largest absolute Gasteiger partial charge is 0.302 e. The third-order valence-electron chi connectivity index (χ3n) is 4.82. The van der Waals surface area contributed by atoms with Gasteiger partial charge in [-0.15, -0.1) is 0 Å². The summed E-state index contributed by atoms with van der Waals surface area (Å²) in [7, 11) is 6.46. The molecule has 0 amide bonds. The van der Waals surface area contributed by atoms with Crippen LogP contribution in [-0.2, 0) is 13.6 Å². The maximum absolute atomic E-state index is 4.38. The molecule has 0 N–H and O–H groups in total. The molecule has 3 rings (SSSR count). The Balaban J connectivity index is 1.68. The normalized spacial score (nSPS) is 22.6. The Bertz CT molecular complexity index is 609. The van der Waals surface area contributed by atoms with E-state index in [1.165, 1.54) is 30.5 Å². The first-order valence-electron chi connectivity index (χ1n) is 8.39. The molecule has 5 nitrogen and oxygen atoms in total. The van der Waals surface area contributed by atoms with Crippen molar-refractivity contribution in [3.63, 3.8) is 0 Å². The number of aryl methyl sites for hydroxylation is 1. The van der Waals surface area contributed by atoms with Gasteiger partial charge in [-0.25, -0.2) is 0 Å². The highest BCUT2D eigenvalue weighted by Crippen LogP contribution is 2.35. The first kappa shape index (κ1) is 16.1. The second-order valence-electron chi connectivity index (χ2n) is 6.83. The SMILES string of the molecule is CN(Cc1ccncc1)C[C@@H]1CCCN(C)[C@H]1c1cnn(C)c1. The van der Waals surface area contributed by atoms with E-state index in [9.17, 15) is 0 Å². The second-order valence-corrected chi connectivity index (χ2v) is 6.83. The molecule has 0 unspecified atom stereocenters. The predicted molar refractivity (Wildman–Crippen MR) is 91.9 cm³/mol. The lowest BCUT2D eigenvalue weighted by molar-refractivity contribution is 0.0926. The molecule has 0 bridgehead atoms. The molecule has 0 radical (unpaired) electrons. The van der Waals surface area contributed by atoms with E-state index in [2.05, 4.69) is 52.3 Å². The molecule has 23 heavy (non-hydrogen) atoms. The minimum absolute atomic E-state index is 0.470. The van der Waals surface area contributed by atoms with Gasteiger partial charge in [0.2, 0.25) is 0 Å². The summed E-state index contributed by atoms with van der Waals surface area (Å²) < 4.78 is 1.91. The van der Waals surface area contributed by atoms with E-state index in [0.717, 1.165) is 13.1 Å². The fourth-order valence-corrected chi connectivity index (χ4v) is 3.84. The van der Waals surface area contributed by atoms with E-state index in [1.807, 2.05) is 30.3 Å². The van der Waals surface area contributed by atoms with Crippen molar-refractivity contribution in [1.29, 1.82) is 0 Å². The van der Waals surface area contributed by atoms with Crippen LogP contribution in [0.2, 0.25) is 0 Å². The van der Waals surface area contributed by atoms with Gasteiger partial charge in [-0.05, 0) is 57.1 Å². The fourth-order valence-electron chi connectivity index (χ4n) is 3.84. The summed E-state index contributed by atoms with van der Waals surface area (Å²) >= 11 is 0.